The number of thiol groups is 1. The molecule has 4 rings (SSSR count). The Morgan fingerprint density at radius 1 is 1.25 bits per heavy atom. The number of anilines is 2. The fraction of sp³-hybridized carbons (Fsp3) is 0.350. The van der Waals surface area contributed by atoms with E-state index in [4.69, 9.17) is 0 Å². The molecule has 0 aliphatic heterocycles. The molecule has 0 saturated heterocycles. The molecule has 1 saturated carbocycles. The fourth-order valence-electron chi connectivity index (χ4n) is 3.77. The zero-order chi connectivity index (χ0) is 19.8. The fourth-order valence-corrected chi connectivity index (χ4v) is 4.04. The van der Waals surface area contributed by atoms with Crippen molar-refractivity contribution >= 4 is 35.3 Å². The quantitative estimate of drug-likeness (QED) is 0.590. The first-order valence-electron chi connectivity index (χ1n) is 9.21. The molecule has 2 heterocycles. The second-order valence-corrected chi connectivity index (χ2v) is 7.63. The summed E-state index contributed by atoms with van der Waals surface area (Å²) in [5.74, 6) is 0.318. The van der Waals surface area contributed by atoms with Crippen molar-refractivity contribution in [1.82, 2.24) is 14.5 Å². The van der Waals surface area contributed by atoms with Gasteiger partial charge in [0, 0.05) is 28.2 Å². The summed E-state index contributed by atoms with van der Waals surface area (Å²) in [5, 5.41) is 3.59. The van der Waals surface area contributed by atoms with Crippen LogP contribution < -0.4 is 10.9 Å². The van der Waals surface area contributed by atoms with E-state index in [1.807, 2.05) is 25.1 Å². The van der Waals surface area contributed by atoms with Gasteiger partial charge in [-0.15, -0.1) is 12.6 Å². The lowest BCUT2D eigenvalue weighted by Crippen LogP contribution is -2.28. The normalized spacial score (nSPS) is 14.9. The number of halogens is 2. The maximum absolute atomic E-state index is 13.4. The number of alkyl halides is 2. The summed E-state index contributed by atoms with van der Waals surface area (Å²) in [6, 6.07) is 6.73. The van der Waals surface area contributed by atoms with Gasteiger partial charge in [-0.05, 0) is 49.6 Å². The van der Waals surface area contributed by atoms with E-state index in [-0.39, 0.29) is 6.04 Å². The minimum absolute atomic E-state index is 0.110. The van der Waals surface area contributed by atoms with Crippen LogP contribution in [0.25, 0.3) is 11.0 Å². The third-order valence-corrected chi connectivity index (χ3v) is 5.46. The molecule has 0 amide bonds. The van der Waals surface area contributed by atoms with Gasteiger partial charge < -0.3 is 5.32 Å². The molecule has 1 aliphatic rings. The number of aryl methyl sites for hydroxylation is 1. The maximum Gasteiger partial charge on any atom is 0.269 e. The minimum Gasteiger partial charge on any atom is -0.324 e. The number of hydrogen-bond acceptors (Lipinski definition) is 5. The molecule has 5 nitrogen and oxygen atoms in total. The highest BCUT2D eigenvalue weighted by molar-refractivity contribution is 7.80. The van der Waals surface area contributed by atoms with Crippen molar-refractivity contribution in [1.29, 1.82) is 0 Å². The molecule has 0 spiro atoms. The molecule has 146 valence electrons. The van der Waals surface area contributed by atoms with E-state index in [1.54, 1.807) is 0 Å². The number of aromatic nitrogens is 3. The largest absolute Gasteiger partial charge is 0.324 e. The third kappa shape index (κ3) is 3.48. The molecule has 0 atom stereocenters. The second-order valence-electron chi connectivity index (χ2n) is 7.11. The van der Waals surface area contributed by atoms with E-state index in [1.165, 1.54) is 16.8 Å². The number of benzene rings is 1. The lowest BCUT2D eigenvalue weighted by molar-refractivity contribution is 0.149. The van der Waals surface area contributed by atoms with Crippen LogP contribution in [-0.4, -0.2) is 14.5 Å². The number of nitrogens with one attached hydrogen (secondary N) is 1. The summed E-state index contributed by atoms with van der Waals surface area (Å²) in [5.41, 5.74) is 1.02. The molecule has 0 unspecified atom stereocenters. The van der Waals surface area contributed by atoms with Crippen LogP contribution in [0.1, 0.15) is 49.3 Å². The summed E-state index contributed by atoms with van der Waals surface area (Å²) in [4.78, 5) is 22.4. The molecule has 1 aliphatic carbocycles. The standard InChI is InChI=1S/C20H20F2N4OS/c1-11-8-14(28)6-7-16(11)24-20-23-10-12-9-15(17(21)22)19(27)26(18(12)25-20)13-4-2-3-5-13/h6-10,13,17,28H,2-5H2,1H3,(H,23,24,25). The maximum atomic E-state index is 13.4. The van der Waals surface area contributed by atoms with Gasteiger partial charge in [0.15, 0.2) is 0 Å². The van der Waals surface area contributed by atoms with Gasteiger partial charge in [-0.1, -0.05) is 12.8 Å². The highest BCUT2D eigenvalue weighted by Crippen LogP contribution is 2.32. The molecule has 8 heteroatoms. The van der Waals surface area contributed by atoms with Crippen molar-refractivity contribution in [3.8, 4) is 0 Å². The lowest BCUT2D eigenvalue weighted by atomic mass is 10.1. The third-order valence-electron chi connectivity index (χ3n) is 5.18. The van der Waals surface area contributed by atoms with Crippen LogP contribution in [0.3, 0.4) is 0 Å². The Kier molecular flexibility index (Phi) is 5.05. The van der Waals surface area contributed by atoms with E-state index in [9.17, 15) is 13.6 Å². The summed E-state index contributed by atoms with van der Waals surface area (Å²) >= 11 is 4.32. The number of rotatable bonds is 4. The highest BCUT2D eigenvalue weighted by Gasteiger charge is 2.25. The first-order chi connectivity index (χ1) is 13.4. The Morgan fingerprint density at radius 2 is 2.00 bits per heavy atom. The summed E-state index contributed by atoms with van der Waals surface area (Å²) in [7, 11) is 0. The van der Waals surface area contributed by atoms with E-state index < -0.39 is 17.5 Å². The summed E-state index contributed by atoms with van der Waals surface area (Å²) in [6.07, 6.45) is 2.19. The first-order valence-corrected chi connectivity index (χ1v) is 9.66. The van der Waals surface area contributed by atoms with Gasteiger partial charge in [0.1, 0.15) is 5.65 Å². The molecule has 1 fully saturated rings. The van der Waals surface area contributed by atoms with Crippen LogP contribution in [0, 0.1) is 6.92 Å². The van der Waals surface area contributed by atoms with Crippen molar-refractivity contribution in [3.63, 3.8) is 0 Å². The van der Waals surface area contributed by atoms with Gasteiger partial charge >= 0.3 is 0 Å². The smallest absolute Gasteiger partial charge is 0.269 e. The zero-order valence-electron chi connectivity index (χ0n) is 15.3. The Morgan fingerprint density at radius 3 is 2.68 bits per heavy atom. The second kappa shape index (κ2) is 7.50. The average Bonchev–Trinajstić information content (AvgIpc) is 3.17. The molecule has 0 bridgehead atoms. The summed E-state index contributed by atoms with van der Waals surface area (Å²) < 4.78 is 28.2. The SMILES string of the molecule is Cc1cc(S)ccc1Nc1ncc2cc(C(F)F)c(=O)n(C3CCCC3)c2n1. The Bertz CT molecular complexity index is 1090. The van der Waals surface area contributed by atoms with E-state index >= 15 is 0 Å². The van der Waals surface area contributed by atoms with Crippen LogP contribution in [-0.2, 0) is 0 Å². The number of hydrogen-bond donors (Lipinski definition) is 2. The Labute approximate surface area is 166 Å². The number of nitrogens with zero attached hydrogens (tertiary/aromatic N) is 3. The van der Waals surface area contributed by atoms with Crippen LogP contribution in [0.4, 0.5) is 20.4 Å². The van der Waals surface area contributed by atoms with Crippen molar-refractivity contribution in [2.75, 3.05) is 5.32 Å². The molecule has 2 aromatic heterocycles. The van der Waals surface area contributed by atoms with Gasteiger partial charge in [-0.25, -0.2) is 13.8 Å². The molecular formula is C20H20F2N4OS. The monoisotopic (exact) mass is 402 g/mol. The van der Waals surface area contributed by atoms with E-state index in [2.05, 4.69) is 27.9 Å². The lowest BCUT2D eigenvalue weighted by Gasteiger charge is -2.18. The van der Waals surface area contributed by atoms with Gasteiger partial charge in [-0.2, -0.15) is 4.98 Å². The molecule has 1 aromatic carbocycles. The molecule has 28 heavy (non-hydrogen) atoms. The molecule has 1 N–H and O–H groups in total. The van der Waals surface area contributed by atoms with Crippen LogP contribution in [0.5, 0.6) is 0 Å². The molecular weight excluding hydrogens is 382 g/mol. The van der Waals surface area contributed by atoms with Crippen molar-refractivity contribution in [2.24, 2.45) is 0 Å². The Hall–Kier alpha value is -2.48. The zero-order valence-corrected chi connectivity index (χ0v) is 16.2. The van der Waals surface area contributed by atoms with Gasteiger partial charge in [-0.3, -0.25) is 9.36 Å². The van der Waals surface area contributed by atoms with Crippen molar-refractivity contribution in [3.05, 3.63) is 51.9 Å². The van der Waals surface area contributed by atoms with Gasteiger partial charge in [0.05, 0.1) is 5.56 Å². The topological polar surface area (TPSA) is 59.8 Å². The van der Waals surface area contributed by atoms with Gasteiger partial charge in [0.2, 0.25) is 5.95 Å². The first kappa shape index (κ1) is 18.9. The van der Waals surface area contributed by atoms with Crippen LogP contribution in [0.15, 0.2) is 40.2 Å². The molecule has 0 radical (unpaired) electrons. The van der Waals surface area contributed by atoms with E-state index in [0.717, 1.165) is 41.8 Å². The predicted octanol–water partition coefficient (Wildman–Crippen LogP) is 5.18. The number of fused-ring (bicyclic) bond motifs is 1. The number of pyridine rings is 1. The van der Waals surface area contributed by atoms with Crippen LogP contribution >= 0.6 is 12.6 Å². The molecule has 3 aromatic rings. The highest BCUT2D eigenvalue weighted by atomic mass is 32.1. The van der Waals surface area contributed by atoms with Gasteiger partial charge in [0.25, 0.3) is 12.0 Å². The van der Waals surface area contributed by atoms with Crippen LogP contribution in [0.2, 0.25) is 0 Å². The van der Waals surface area contributed by atoms with Crippen molar-refractivity contribution < 1.29 is 8.78 Å². The average molecular weight is 402 g/mol. The minimum atomic E-state index is -2.83. The summed E-state index contributed by atoms with van der Waals surface area (Å²) in [6.45, 7) is 1.94. The van der Waals surface area contributed by atoms with E-state index in [0.29, 0.717) is 17.0 Å². The predicted molar refractivity (Wildman–Crippen MR) is 108 cm³/mol. The van der Waals surface area contributed by atoms with Crippen molar-refractivity contribution in [2.45, 2.75) is 50.0 Å². The Balaban J connectivity index is 1.84.